The van der Waals surface area contributed by atoms with E-state index in [0.29, 0.717) is 0 Å². The van der Waals surface area contributed by atoms with Gasteiger partial charge in [-0.05, 0) is 24.6 Å². The topological polar surface area (TPSA) is 78.8 Å². The number of nitrogens with one attached hydrogen (secondary N) is 1. The van der Waals surface area contributed by atoms with Crippen LogP contribution in [0, 0.1) is 0 Å². The number of halogens is 3. The Hall–Kier alpha value is -1.96. The first kappa shape index (κ1) is 16.1. The Morgan fingerprint density at radius 3 is 2.60 bits per heavy atom. The molecular formula is C12H14F3NO4. The third-order valence-corrected chi connectivity index (χ3v) is 2.37. The molecule has 0 bridgehead atoms. The first-order valence-electron chi connectivity index (χ1n) is 5.73. The van der Waals surface area contributed by atoms with Crippen molar-refractivity contribution in [3.63, 3.8) is 0 Å². The smallest absolute Gasteiger partial charge is 0.401 e. The van der Waals surface area contributed by atoms with Gasteiger partial charge in [0.1, 0.15) is 6.04 Å². The summed E-state index contributed by atoms with van der Waals surface area (Å²) >= 11 is 0. The SMILES string of the molecule is CCOc1cc(C(NCC(F)(F)F)C(=O)O)ccc1O. The number of carbonyl (C=O) groups is 1. The van der Waals surface area contributed by atoms with E-state index in [1.54, 1.807) is 6.92 Å². The minimum Gasteiger partial charge on any atom is -0.504 e. The first-order chi connectivity index (χ1) is 9.24. The average molecular weight is 293 g/mol. The van der Waals surface area contributed by atoms with Crippen molar-refractivity contribution in [3.8, 4) is 11.5 Å². The molecule has 1 aromatic carbocycles. The minimum atomic E-state index is -4.52. The van der Waals surface area contributed by atoms with Gasteiger partial charge >= 0.3 is 12.1 Å². The van der Waals surface area contributed by atoms with Crippen LogP contribution in [0.5, 0.6) is 11.5 Å². The zero-order valence-electron chi connectivity index (χ0n) is 10.6. The molecule has 0 saturated heterocycles. The van der Waals surface area contributed by atoms with Crippen LogP contribution in [0.4, 0.5) is 13.2 Å². The number of hydrogen-bond acceptors (Lipinski definition) is 4. The van der Waals surface area contributed by atoms with Crippen molar-refractivity contribution < 1.29 is 32.9 Å². The van der Waals surface area contributed by atoms with Crippen LogP contribution < -0.4 is 10.1 Å². The standard InChI is InChI=1S/C12H14F3NO4/c1-2-20-9-5-7(3-4-8(9)17)10(11(18)19)16-6-12(13,14)15/h3-5,10,16-17H,2,6H2,1H3,(H,18,19). The van der Waals surface area contributed by atoms with Crippen LogP contribution >= 0.6 is 0 Å². The summed E-state index contributed by atoms with van der Waals surface area (Å²) in [6.45, 7) is 0.447. The van der Waals surface area contributed by atoms with Gasteiger partial charge in [-0.15, -0.1) is 0 Å². The van der Waals surface area contributed by atoms with E-state index in [0.717, 1.165) is 0 Å². The van der Waals surface area contributed by atoms with Crippen LogP contribution in [-0.2, 0) is 4.79 Å². The summed E-state index contributed by atoms with van der Waals surface area (Å²) in [5, 5.41) is 20.4. The number of phenols is 1. The van der Waals surface area contributed by atoms with Crippen LogP contribution in [0.3, 0.4) is 0 Å². The highest BCUT2D eigenvalue weighted by Gasteiger charge is 2.31. The number of alkyl halides is 3. The van der Waals surface area contributed by atoms with Gasteiger partial charge in [-0.3, -0.25) is 10.1 Å². The molecule has 0 saturated carbocycles. The van der Waals surface area contributed by atoms with Gasteiger partial charge in [-0.1, -0.05) is 6.07 Å². The quantitative estimate of drug-likeness (QED) is 0.748. The Bertz CT molecular complexity index is 476. The number of rotatable bonds is 6. The molecule has 0 heterocycles. The summed E-state index contributed by atoms with van der Waals surface area (Å²) < 4.78 is 41.5. The Kier molecular flexibility index (Phi) is 5.20. The van der Waals surface area contributed by atoms with E-state index in [1.165, 1.54) is 18.2 Å². The molecule has 0 fully saturated rings. The maximum absolute atomic E-state index is 12.1. The predicted molar refractivity (Wildman–Crippen MR) is 63.7 cm³/mol. The second-order valence-electron chi connectivity index (χ2n) is 3.93. The molecule has 112 valence electrons. The van der Waals surface area contributed by atoms with Crippen LogP contribution in [0.25, 0.3) is 0 Å². The molecule has 3 N–H and O–H groups in total. The van der Waals surface area contributed by atoms with Crippen molar-refractivity contribution in [1.29, 1.82) is 0 Å². The number of carboxylic acid groups (broad SMARTS) is 1. The van der Waals surface area contributed by atoms with Crippen LogP contribution in [-0.4, -0.2) is 35.5 Å². The summed E-state index contributed by atoms with van der Waals surface area (Å²) in [6.07, 6.45) is -4.52. The van der Waals surface area contributed by atoms with Gasteiger partial charge in [-0.2, -0.15) is 13.2 Å². The highest BCUT2D eigenvalue weighted by atomic mass is 19.4. The van der Waals surface area contributed by atoms with Crippen LogP contribution in [0.15, 0.2) is 18.2 Å². The summed E-state index contributed by atoms with van der Waals surface area (Å²) in [5.41, 5.74) is 0.0583. The molecule has 8 heteroatoms. The maximum Gasteiger partial charge on any atom is 0.401 e. The monoisotopic (exact) mass is 293 g/mol. The lowest BCUT2D eigenvalue weighted by Gasteiger charge is -2.17. The minimum absolute atomic E-state index is 0.0186. The van der Waals surface area contributed by atoms with Crippen LogP contribution in [0.2, 0.25) is 0 Å². The Morgan fingerprint density at radius 1 is 1.45 bits per heavy atom. The normalized spacial score (nSPS) is 13.0. The number of carboxylic acids is 1. The third-order valence-electron chi connectivity index (χ3n) is 2.37. The highest BCUT2D eigenvalue weighted by molar-refractivity contribution is 5.76. The van der Waals surface area contributed by atoms with Crippen molar-refractivity contribution in [2.45, 2.75) is 19.1 Å². The lowest BCUT2D eigenvalue weighted by Crippen LogP contribution is -2.36. The van der Waals surface area contributed by atoms with E-state index in [-0.39, 0.29) is 23.7 Å². The van der Waals surface area contributed by atoms with E-state index < -0.39 is 24.7 Å². The molecule has 0 amide bonds. The molecule has 0 aliphatic carbocycles. The molecule has 0 aliphatic rings. The summed E-state index contributed by atoms with van der Waals surface area (Å²) in [4.78, 5) is 11.0. The van der Waals surface area contributed by atoms with Crippen LogP contribution in [0.1, 0.15) is 18.5 Å². The van der Waals surface area contributed by atoms with Crippen molar-refractivity contribution in [2.75, 3.05) is 13.2 Å². The van der Waals surface area contributed by atoms with Crippen molar-refractivity contribution in [2.24, 2.45) is 0 Å². The number of benzene rings is 1. The summed E-state index contributed by atoms with van der Waals surface area (Å²) in [5.74, 6) is -1.65. The second kappa shape index (κ2) is 6.47. The zero-order valence-corrected chi connectivity index (χ0v) is 10.6. The molecule has 0 spiro atoms. The van der Waals surface area contributed by atoms with Crippen molar-refractivity contribution >= 4 is 5.97 Å². The molecular weight excluding hydrogens is 279 g/mol. The molecule has 20 heavy (non-hydrogen) atoms. The molecule has 1 unspecified atom stereocenters. The Morgan fingerprint density at radius 2 is 2.10 bits per heavy atom. The number of aromatic hydroxyl groups is 1. The molecule has 5 nitrogen and oxygen atoms in total. The fourth-order valence-electron chi connectivity index (χ4n) is 1.55. The van der Waals surface area contributed by atoms with Gasteiger partial charge < -0.3 is 14.9 Å². The molecule has 1 atom stereocenters. The zero-order chi connectivity index (χ0) is 15.3. The summed E-state index contributed by atoms with van der Waals surface area (Å²) in [7, 11) is 0. The molecule has 0 radical (unpaired) electrons. The maximum atomic E-state index is 12.1. The predicted octanol–water partition coefficient (Wildman–Crippen LogP) is 2.07. The molecule has 0 aromatic heterocycles. The third kappa shape index (κ3) is 4.61. The molecule has 0 aliphatic heterocycles. The number of hydrogen-bond donors (Lipinski definition) is 3. The van der Waals surface area contributed by atoms with E-state index >= 15 is 0 Å². The van der Waals surface area contributed by atoms with E-state index in [9.17, 15) is 23.1 Å². The fraction of sp³-hybridized carbons (Fsp3) is 0.417. The highest BCUT2D eigenvalue weighted by Crippen LogP contribution is 2.29. The van der Waals surface area contributed by atoms with E-state index in [1.807, 2.05) is 5.32 Å². The Labute approximate surface area is 113 Å². The fourth-order valence-corrected chi connectivity index (χ4v) is 1.55. The largest absolute Gasteiger partial charge is 0.504 e. The Balaban J connectivity index is 2.97. The van der Waals surface area contributed by atoms with Crippen molar-refractivity contribution in [3.05, 3.63) is 23.8 Å². The van der Waals surface area contributed by atoms with Gasteiger partial charge in [0.15, 0.2) is 11.5 Å². The number of ether oxygens (including phenoxy) is 1. The van der Waals surface area contributed by atoms with Gasteiger partial charge in [0, 0.05) is 0 Å². The molecule has 1 aromatic rings. The van der Waals surface area contributed by atoms with Gasteiger partial charge in [-0.25, -0.2) is 0 Å². The number of aliphatic carboxylic acids is 1. The lowest BCUT2D eigenvalue weighted by molar-refractivity contribution is -0.143. The van der Waals surface area contributed by atoms with E-state index in [4.69, 9.17) is 9.84 Å². The average Bonchev–Trinajstić information content (AvgIpc) is 2.31. The van der Waals surface area contributed by atoms with E-state index in [2.05, 4.69) is 0 Å². The summed E-state index contributed by atoms with van der Waals surface area (Å²) in [6, 6.07) is 2.04. The molecule has 1 rings (SSSR count). The van der Waals surface area contributed by atoms with Gasteiger partial charge in [0.05, 0.1) is 13.2 Å². The van der Waals surface area contributed by atoms with Crippen molar-refractivity contribution in [1.82, 2.24) is 5.32 Å². The first-order valence-corrected chi connectivity index (χ1v) is 5.73. The lowest BCUT2D eigenvalue weighted by atomic mass is 10.1. The second-order valence-corrected chi connectivity index (χ2v) is 3.93. The number of phenolic OH excluding ortho intramolecular Hbond substituents is 1. The van der Waals surface area contributed by atoms with Gasteiger partial charge in [0.25, 0.3) is 0 Å². The van der Waals surface area contributed by atoms with Gasteiger partial charge in [0.2, 0.25) is 0 Å².